The van der Waals surface area contributed by atoms with Crippen molar-refractivity contribution < 1.29 is 5.11 Å². The third-order valence-electron chi connectivity index (χ3n) is 16.1. The van der Waals surface area contributed by atoms with E-state index in [4.69, 9.17) is 9.97 Å². The van der Waals surface area contributed by atoms with Crippen molar-refractivity contribution in [2.45, 2.75) is 96.3 Å². The van der Waals surface area contributed by atoms with Gasteiger partial charge in [-0.05, 0) is 153 Å². The minimum absolute atomic E-state index is 0.212. The molecule has 12 rings (SSSR count). The molecule has 2 aliphatic carbocycles. The number of hydrogen-bond donors (Lipinski definition) is 1. The van der Waals surface area contributed by atoms with Crippen LogP contribution in [-0.4, -0.2) is 19.6 Å². The van der Waals surface area contributed by atoms with Crippen molar-refractivity contribution >= 4 is 11.0 Å². The molecule has 0 amide bonds. The monoisotopic (exact) mass is 964 g/mol. The van der Waals surface area contributed by atoms with Gasteiger partial charge in [0.2, 0.25) is 0 Å². The molecular formula is C70H65N3O. The summed E-state index contributed by atoms with van der Waals surface area (Å²) in [5, 5.41) is 12.8. The van der Waals surface area contributed by atoms with Crippen molar-refractivity contribution in [1.29, 1.82) is 0 Å². The topological polar surface area (TPSA) is 50.9 Å². The second-order valence-electron chi connectivity index (χ2n) is 22.1. The van der Waals surface area contributed by atoms with Crippen molar-refractivity contribution in [2.75, 3.05) is 0 Å². The summed E-state index contributed by atoms with van der Waals surface area (Å²) in [4.78, 5) is 10.8. The summed E-state index contributed by atoms with van der Waals surface area (Å²) in [6.45, 7) is 6.72. The molecule has 1 N–H and O–H groups in total. The first kappa shape index (κ1) is 47.2. The van der Waals surface area contributed by atoms with Gasteiger partial charge in [-0.1, -0.05) is 199 Å². The number of aromatic hydroxyl groups is 1. The quantitative estimate of drug-likeness (QED) is 0.141. The number of pyridine rings is 1. The van der Waals surface area contributed by atoms with Crippen LogP contribution in [0.3, 0.4) is 0 Å². The minimum Gasteiger partial charge on any atom is -0.507 e. The van der Waals surface area contributed by atoms with E-state index >= 15 is 0 Å². The van der Waals surface area contributed by atoms with Gasteiger partial charge in [-0.15, -0.1) is 0 Å². The van der Waals surface area contributed by atoms with E-state index < -0.39 is 0 Å². The number of phenolic OH excluding ortho intramolecular Hbond substituents is 1. The lowest BCUT2D eigenvalue weighted by Gasteiger charge is -2.23. The lowest BCUT2D eigenvalue weighted by molar-refractivity contribution is 0.443. The summed E-state index contributed by atoms with van der Waals surface area (Å²) < 4.78 is 2.32. The molecule has 4 heteroatoms. The molecule has 0 bridgehead atoms. The van der Waals surface area contributed by atoms with E-state index in [9.17, 15) is 5.11 Å². The third kappa shape index (κ3) is 9.50. The molecule has 0 saturated heterocycles. The molecule has 0 radical (unpaired) electrons. The highest BCUT2D eigenvalue weighted by molar-refractivity contribution is 5.99. The molecule has 2 saturated carbocycles. The molecule has 366 valence electrons. The van der Waals surface area contributed by atoms with Crippen molar-refractivity contribution in [1.82, 2.24) is 14.5 Å². The summed E-state index contributed by atoms with van der Waals surface area (Å²) in [5.41, 5.74) is 19.9. The van der Waals surface area contributed by atoms with Gasteiger partial charge < -0.3 is 5.11 Å². The second-order valence-corrected chi connectivity index (χ2v) is 22.1. The lowest BCUT2D eigenvalue weighted by atomic mass is 9.83. The number of hydrogen-bond acceptors (Lipinski definition) is 3. The van der Waals surface area contributed by atoms with Crippen LogP contribution in [0.4, 0.5) is 0 Å². The standard InChI is InChI=1S/C70H65N3O/c1-70(2,3)59-45-62(54-27-14-7-15-28-54)68(74)63(46-59)69-72-67-60(29-18-30-66(67)73(69)65-36-31-48(39-47-19-16-17-20-47)40-61(65)53-25-12-6-13-26-53)57-41-56(50-23-10-5-11-24-50)42-58(43-57)64-44-55(37-38-71-64)52-34-32-51(33-35-52)49-21-8-4-9-22-49/h5-7,10-15,18,23-38,40-47,49,74H,4,8-9,16-17,19-22,39H2,1-3H3. The van der Waals surface area contributed by atoms with Gasteiger partial charge in [0.15, 0.2) is 0 Å². The summed E-state index contributed by atoms with van der Waals surface area (Å²) >= 11 is 0. The number of fused-ring (bicyclic) bond motifs is 1. The Hall–Kier alpha value is -7.82. The zero-order chi connectivity index (χ0) is 50.2. The van der Waals surface area contributed by atoms with Crippen LogP contribution in [0, 0.1) is 5.92 Å². The average molecular weight is 964 g/mol. The largest absolute Gasteiger partial charge is 0.507 e. The Morgan fingerprint density at radius 1 is 0.486 bits per heavy atom. The van der Waals surface area contributed by atoms with Crippen LogP contribution in [0.5, 0.6) is 5.75 Å². The van der Waals surface area contributed by atoms with E-state index in [1.165, 1.54) is 74.5 Å². The number of phenols is 1. The average Bonchev–Trinajstić information content (AvgIpc) is 4.13. The fraction of sp³-hybridized carbons (Fsp3) is 0.229. The molecule has 0 unspecified atom stereocenters. The first-order chi connectivity index (χ1) is 36.2. The van der Waals surface area contributed by atoms with Gasteiger partial charge in [-0.2, -0.15) is 0 Å². The fourth-order valence-electron chi connectivity index (χ4n) is 12.0. The number of nitrogens with zero attached hydrogens (tertiary/aromatic N) is 3. The summed E-state index contributed by atoms with van der Waals surface area (Å²) in [6.07, 6.45) is 14.8. The molecule has 74 heavy (non-hydrogen) atoms. The van der Waals surface area contributed by atoms with Gasteiger partial charge in [0.05, 0.1) is 28.0 Å². The highest BCUT2D eigenvalue weighted by Gasteiger charge is 2.27. The molecule has 8 aromatic carbocycles. The number of aromatic nitrogens is 3. The van der Waals surface area contributed by atoms with E-state index in [-0.39, 0.29) is 11.2 Å². The third-order valence-corrected chi connectivity index (χ3v) is 16.1. The normalized spacial score (nSPS) is 14.5. The predicted molar refractivity (Wildman–Crippen MR) is 309 cm³/mol. The van der Waals surface area contributed by atoms with Crippen LogP contribution in [0.2, 0.25) is 0 Å². The lowest BCUT2D eigenvalue weighted by Crippen LogP contribution is -2.12. The zero-order valence-electron chi connectivity index (χ0n) is 43.1. The summed E-state index contributed by atoms with van der Waals surface area (Å²) in [6, 6.07) is 70.3. The van der Waals surface area contributed by atoms with E-state index in [0.29, 0.717) is 23.2 Å². The molecular weight excluding hydrogens is 899 g/mol. The first-order valence-corrected chi connectivity index (χ1v) is 27.1. The Labute approximate surface area is 437 Å². The Bertz CT molecular complexity index is 3590. The van der Waals surface area contributed by atoms with Gasteiger partial charge in [0.1, 0.15) is 11.6 Å². The smallest absolute Gasteiger partial charge is 0.149 e. The maximum absolute atomic E-state index is 12.8. The number of imidazole rings is 1. The maximum atomic E-state index is 12.8. The van der Waals surface area contributed by atoms with E-state index in [1.54, 1.807) is 0 Å². The van der Waals surface area contributed by atoms with Gasteiger partial charge in [0.25, 0.3) is 0 Å². The Kier molecular flexibility index (Phi) is 12.9. The molecule has 4 nitrogen and oxygen atoms in total. The molecule has 2 aliphatic rings. The zero-order valence-corrected chi connectivity index (χ0v) is 43.1. The van der Waals surface area contributed by atoms with Gasteiger partial charge in [-0.3, -0.25) is 9.55 Å². The number of rotatable bonds is 11. The Morgan fingerprint density at radius 3 is 1.81 bits per heavy atom. The van der Waals surface area contributed by atoms with Crippen LogP contribution in [0.25, 0.3) is 95.0 Å². The molecule has 2 heterocycles. The molecule has 10 aromatic rings. The summed E-state index contributed by atoms with van der Waals surface area (Å²) in [5.74, 6) is 2.28. The second kappa shape index (κ2) is 20.2. The fourth-order valence-corrected chi connectivity index (χ4v) is 12.0. The van der Waals surface area contributed by atoms with Gasteiger partial charge in [-0.25, -0.2) is 4.98 Å². The van der Waals surface area contributed by atoms with Crippen LogP contribution >= 0.6 is 0 Å². The van der Waals surface area contributed by atoms with Crippen molar-refractivity contribution in [3.63, 3.8) is 0 Å². The van der Waals surface area contributed by atoms with Crippen LogP contribution in [0.1, 0.15) is 101 Å². The SMILES string of the molecule is CC(C)(C)c1cc(-c2ccccc2)c(O)c(-c2nc3c(-c4cc(-c5ccccc5)cc(-c5cc(-c6ccc(C7CCCCC7)cc6)ccn5)c4)cccc3n2-c2ccc(CC3CCCC3)cc2-c2ccccc2)c1. The number of para-hydroxylation sites is 1. The van der Waals surface area contributed by atoms with Gasteiger partial charge in [0, 0.05) is 28.5 Å². The van der Waals surface area contributed by atoms with Crippen molar-refractivity contribution in [3.8, 4) is 89.7 Å². The Balaban J connectivity index is 1.07. The van der Waals surface area contributed by atoms with Crippen molar-refractivity contribution in [2.24, 2.45) is 5.92 Å². The van der Waals surface area contributed by atoms with E-state index in [1.807, 2.05) is 24.4 Å². The van der Waals surface area contributed by atoms with Crippen molar-refractivity contribution in [3.05, 3.63) is 217 Å². The van der Waals surface area contributed by atoms with E-state index in [0.717, 1.165) is 90.0 Å². The van der Waals surface area contributed by atoms with Crippen LogP contribution in [-0.2, 0) is 11.8 Å². The molecule has 0 spiro atoms. The van der Waals surface area contributed by atoms with Crippen LogP contribution in [0.15, 0.2) is 200 Å². The minimum atomic E-state index is -0.219. The molecule has 2 aromatic heterocycles. The van der Waals surface area contributed by atoms with Gasteiger partial charge >= 0.3 is 0 Å². The Morgan fingerprint density at radius 2 is 1.11 bits per heavy atom. The number of benzene rings is 8. The highest BCUT2D eigenvalue weighted by atomic mass is 16.3. The maximum Gasteiger partial charge on any atom is 0.149 e. The molecule has 2 fully saturated rings. The predicted octanol–water partition coefficient (Wildman–Crippen LogP) is 18.9. The van der Waals surface area contributed by atoms with Crippen LogP contribution < -0.4 is 0 Å². The first-order valence-electron chi connectivity index (χ1n) is 27.1. The molecule has 0 atom stereocenters. The van der Waals surface area contributed by atoms with E-state index in [2.05, 4.69) is 201 Å². The highest BCUT2D eigenvalue weighted by Crippen LogP contribution is 2.46. The molecule has 0 aliphatic heterocycles. The summed E-state index contributed by atoms with van der Waals surface area (Å²) in [7, 11) is 0.